The molecule has 0 aromatic heterocycles. The highest BCUT2D eigenvalue weighted by Gasteiger charge is 2.14. The van der Waals surface area contributed by atoms with Crippen molar-refractivity contribution in [2.75, 3.05) is 0 Å². The smallest absolute Gasteiger partial charge is 0.225 e. The van der Waals surface area contributed by atoms with Gasteiger partial charge in [0.1, 0.15) is 5.82 Å². The number of hydrogen-bond acceptors (Lipinski definition) is 2. The maximum atomic E-state index is 13.0. The second-order valence-electron chi connectivity index (χ2n) is 2.56. The molecule has 0 radical (unpaired) electrons. The van der Waals surface area contributed by atoms with Gasteiger partial charge in [0.15, 0.2) is 0 Å². The summed E-state index contributed by atoms with van der Waals surface area (Å²) < 4.78 is 34.8. The van der Waals surface area contributed by atoms with Crippen LogP contribution in [0.1, 0.15) is 5.56 Å². The molecule has 0 fully saturated rings. The molecule has 0 saturated carbocycles. The molecular formula is C7H6Cl2FNO2S. The van der Waals surface area contributed by atoms with E-state index in [2.05, 4.69) is 0 Å². The molecule has 1 rings (SSSR count). The Morgan fingerprint density at radius 2 is 2.00 bits per heavy atom. The summed E-state index contributed by atoms with van der Waals surface area (Å²) in [6.07, 6.45) is 0. The Labute approximate surface area is 90.7 Å². The van der Waals surface area contributed by atoms with E-state index in [1.807, 2.05) is 0 Å². The Bertz CT molecular complexity index is 461. The standard InChI is InChI=1S/C7H6Cl2FNO2S/c8-3-4-1-5(14(11,12)13)2-6(10)7(4)9/h1-2H,3H2,(H2,11,12,13). The van der Waals surface area contributed by atoms with Crippen LogP contribution in [-0.2, 0) is 15.9 Å². The first-order valence-electron chi connectivity index (χ1n) is 3.43. The number of primary sulfonamides is 1. The Hall–Kier alpha value is -0.360. The Morgan fingerprint density at radius 3 is 2.43 bits per heavy atom. The van der Waals surface area contributed by atoms with Crippen molar-refractivity contribution in [3.63, 3.8) is 0 Å². The third-order valence-corrected chi connectivity index (χ3v) is 3.15. The molecule has 0 spiro atoms. The zero-order chi connectivity index (χ0) is 10.9. The topological polar surface area (TPSA) is 60.2 Å². The van der Waals surface area contributed by atoms with Gasteiger partial charge in [-0.3, -0.25) is 0 Å². The van der Waals surface area contributed by atoms with Crippen LogP contribution in [0.5, 0.6) is 0 Å². The number of sulfonamides is 1. The number of alkyl halides is 1. The zero-order valence-corrected chi connectivity index (χ0v) is 9.13. The molecule has 0 heterocycles. The lowest BCUT2D eigenvalue weighted by Crippen LogP contribution is -2.13. The fraction of sp³-hybridized carbons (Fsp3) is 0.143. The van der Waals surface area contributed by atoms with Crippen LogP contribution < -0.4 is 5.14 Å². The van der Waals surface area contributed by atoms with Crippen LogP contribution in [0.25, 0.3) is 0 Å². The summed E-state index contributed by atoms with van der Waals surface area (Å²) in [6, 6.07) is 1.90. The highest BCUT2D eigenvalue weighted by atomic mass is 35.5. The average molecular weight is 258 g/mol. The molecule has 3 nitrogen and oxygen atoms in total. The lowest BCUT2D eigenvalue weighted by Gasteiger charge is -2.04. The molecule has 0 amide bonds. The van der Waals surface area contributed by atoms with Gasteiger partial charge in [-0.15, -0.1) is 11.6 Å². The van der Waals surface area contributed by atoms with Crippen LogP contribution in [0.15, 0.2) is 17.0 Å². The molecule has 0 saturated heterocycles. The number of rotatable bonds is 2. The molecule has 0 aliphatic heterocycles. The minimum absolute atomic E-state index is 0.0842. The Morgan fingerprint density at radius 1 is 1.43 bits per heavy atom. The third kappa shape index (κ3) is 2.36. The lowest BCUT2D eigenvalue weighted by atomic mass is 10.2. The van der Waals surface area contributed by atoms with Crippen molar-refractivity contribution >= 4 is 33.2 Å². The molecule has 0 atom stereocenters. The van der Waals surface area contributed by atoms with Crippen molar-refractivity contribution in [3.05, 3.63) is 28.5 Å². The summed E-state index contributed by atoms with van der Waals surface area (Å²) in [5.41, 5.74) is 0.192. The van der Waals surface area contributed by atoms with Gasteiger partial charge in [0.05, 0.1) is 9.92 Å². The van der Waals surface area contributed by atoms with E-state index in [1.54, 1.807) is 0 Å². The van der Waals surface area contributed by atoms with Gasteiger partial charge in [-0.05, 0) is 17.7 Å². The molecule has 2 N–H and O–H groups in total. The Balaban J connectivity index is 3.46. The third-order valence-electron chi connectivity index (χ3n) is 1.55. The molecule has 7 heteroatoms. The first-order chi connectivity index (χ1) is 6.36. The molecule has 0 aliphatic carbocycles. The predicted octanol–water partition coefficient (Wildman–Crippen LogP) is 1.87. The van der Waals surface area contributed by atoms with E-state index < -0.39 is 15.8 Å². The fourth-order valence-electron chi connectivity index (χ4n) is 0.880. The molecule has 0 bridgehead atoms. The molecule has 0 aliphatic rings. The summed E-state index contributed by atoms with van der Waals surface area (Å²) in [5, 5.41) is 4.63. The SMILES string of the molecule is NS(=O)(=O)c1cc(F)c(Cl)c(CCl)c1. The van der Waals surface area contributed by atoms with Crippen molar-refractivity contribution in [1.82, 2.24) is 0 Å². The molecular weight excluding hydrogens is 252 g/mol. The van der Waals surface area contributed by atoms with E-state index in [1.165, 1.54) is 0 Å². The quantitative estimate of drug-likeness (QED) is 0.823. The van der Waals surface area contributed by atoms with Crippen LogP contribution in [0.3, 0.4) is 0 Å². The van der Waals surface area contributed by atoms with Crippen LogP contribution in [0.4, 0.5) is 4.39 Å². The van der Waals surface area contributed by atoms with E-state index in [4.69, 9.17) is 28.3 Å². The van der Waals surface area contributed by atoms with Gasteiger partial charge in [0.2, 0.25) is 10.0 Å². The predicted molar refractivity (Wildman–Crippen MR) is 52.3 cm³/mol. The van der Waals surface area contributed by atoms with Crippen molar-refractivity contribution in [2.45, 2.75) is 10.8 Å². The van der Waals surface area contributed by atoms with Gasteiger partial charge in [-0.2, -0.15) is 0 Å². The Kier molecular flexibility index (Phi) is 3.36. The van der Waals surface area contributed by atoms with Gasteiger partial charge < -0.3 is 0 Å². The second kappa shape index (κ2) is 4.02. The van der Waals surface area contributed by atoms with E-state index >= 15 is 0 Å². The van der Waals surface area contributed by atoms with Crippen LogP contribution in [0.2, 0.25) is 5.02 Å². The second-order valence-corrected chi connectivity index (χ2v) is 4.76. The summed E-state index contributed by atoms with van der Waals surface area (Å²) >= 11 is 11.0. The normalized spacial score (nSPS) is 11.7. The van der Waals surface area contributed by atoms with Crippen LogP contribution >= 0.6 is 23.2 Å². The molecule has 1 aromatic carbocycles. The number of halogens is 3. The molecule has 14 heavy (non-hydrogen) atoms. The van der Waals surface area contributed by atoms with Crippen molar-refractivity contribution in [1.29, 1.82) is 0 Å². The van der Waals surface area contributed by atoms with Crippen molar-refractivity contribution < 1.29 is 12.8 Å². The van der Waals surface area contributed by atoms with Crippen molar-refractivity contribution in [2.24, 2.45) is 5.14 Å². The lowest BCUT2D eigenvalue weighted by molar-refractivity contribution is 0.592. The van der Waals surface area contributed by atoms with E-state index in [-0.39, 0.29) is 21.4 Å². The first kappa shape index (κ1) is 11.7. The van der Waals surface area contributed by atoms with Gasteiger partial charge in [-0.1, -0.05) is 11.6 Å². The van der Waals surface area contributed by atoms with E-state index in [0.717, 1.165) is 12.1 Å². The summed E-state index contributed by atoms with van der Waals surface area (Å²) in [4.78, 5) is -0.338. The average Bonchev–Trinajstić information content (AvgIpc) is 2.07. The number of benzene rings is 1. The first-order valence-corrected chi connectivity index (χ1v) is 5.89. The minimum atomic E-state index is -3.93. The summed E-state index contributed by atoms with van der Waals surface area (Å²) in [7, 11) is -3.93. The minimum Gasteiger partial charge on any atom is -0.225 e. The van der Waals surface area contributed by atoms with E-state index in [0.29, 0.717) is 0 Å². The van der Waals surface area contributed by atoms with Crippen LogP contribution in [-0.4, -0.2) is 8.42 Å². The van der Waals surface area contributed by atoms with Crippen LogP contribution in [0, 0.1) is 5.82 Å². The summed E-state index contributed by atoms with van der Waals surface area (Å²) in [5.74, 6) is -0.937. The van der Waals surface area contributed by atoms with E-state index in [9.17, 15) is 12.8 Å². The maximum absolute atomic E-state index is 13.0. The summed E-state index contributed by atoms with van der Waals surface area (Å²) in [6.45, 7) is 0. The highest BCUT2D eigenvalue weighted by molar-refractivity contribution is 7.89. The molecule has 1 aromatic rings. The number of hydrogen-bond donors (Lipinski definition) is 1. The molecule has 78 valence electrons. The van der Waals surface area contributed by atoms with Crippen molar-refractivity contribution in [3.8, 4) is 0 Å². The van der Waals surface area contributed by atoms with Gasteiger partial charge in [0.25, 0.3) is 0 Å². The van der Waals surface area contributed by atoms with Gasteiger partial charge in [0, 0.05) is 5.88 Å². The van der Waals surface area contributed by atoms with Gasteiger partial charge in [-0.25, -0.2) is 17.9 Å². The largest absolute Gasteiger partial charge is 0.238 e. The maximum Gasteiger partial charge on any atom is 0.238 e. The molecule has 0 unspecified atom stereocenters. The number of nitrogens with two attached hydrogens (primary N) is 1. The fourth-order valence-corrected chi connectivity index (χ4v) is 1.91. The monoisotopic (exact) mass is 257 g/mol. The highest BCUT2D eigenvalue weighted by Crippen LogP contribution is 2.25. The zero-order valence-electron chi connectivity index (χ0n) is 6.80. The van der Waals surface area contributed by atoms with Gasteiger partial charge >= 0.3 is 0 Å².